The number of carbonyl (C=O) groups excluding carboxylic acids is 4. The topological polar surface area (TPSA) is 118 Å². The number of para-hydroxylation sites is 4. The van der Waals surface area contributed by atoms with Gasteiger partial charge in [0.15, 0.2) is 0 Å². The minimum atomic E-state index is -4.99. The number of carbonyl (C=O) groups is 4. The minimum Gasteiger partial charge on any atom is -0.458 e. The fraction of sp³-hybridized carbons (Fsp3) is 0.190. The lowest BCUT2D eigenvalue weighted by Crippen LogP contribution is -2.37. The molecule has 4 unspecified atom stereocenters. The predicted molar refractivity (Wildman–Crippen MR) is 386 cm³/mol. The maximum atomic E-state index is 13.8. The van der Waals surface area contributed by atoms with Crippen molar-refractivity contribution in [1.29, 1.82) is 0 Å². The second kappa shape index (κ2) is 32.7. The van der Waals surface area contributed by atoms with E-state index in [1.54, 1.807) is 97.1 Å². The van der Waals surface area contributed by atoms with Crippen molar-refractivity contribution in [1.82, 2.24) is 0 Å². The SMILES string of the molecule is O=C(CC(F)(F)F)OC1C=C(N(c2ccc(-c3ccc(N(C4=CC(OC(=O)CC(F)(F)F)CCC4OC(=O)CC(F)(F)F)c4ccc(-c5ccc(N(c6ccccc6)c6ccccc6)cc5)cc4)cc3)cc2)c2ccc(-c3ccc(N(c4ccccc4)c4ccccc4)cc3)cc2)C(OC(=O)CC(F)(F)F)CC1. The predicted octanol–water partition coefficient (Wildman–Crippen LogP) is 22.7. The molecule has 0 bridgehead atoms. The number of ether oxygens (including phenoxy) is 4. The highest BCUT2D eigenvalue weighted by molar-refractivity contribution is 5.84. The smallest absolute Gasteiger partial charge is 0.399 e. The van der Waals surface area contributed by atoms with Crippen molar-refractivity contribution in [3.05, 3.63) is 290 Å². The van der Waals surface area contributed by atoms with Crippen LogP contribution in [-0.2, 0) is 38.1 Å². The van der Waals surface area contributed by atoms with Gasteiger partial charge in [0.25, 0.3) is 0 Å². The van der Waals surface area contributed by atoms with Gasteiger partial charge in [0.05, 0.1) is 11.4 Å². The molecule has 554 valence electrons. The Morgan fingerprint density at radius 1 is 0.250 bits per heavy atom. The van der Waals surface area contributed by atoms with Crippen molar-refractivity contribution in [2.24, 2.45) is 0 Å². The van der Waals surface area contributed by atoms with E-state index in [1.165, 1.54) is 22.0 Å². The highest BCUT2D eigenvalue weighted by Crippen LogP contribution is 2.44. The lowest BCUT2D eigenvalue weighted by molar-refractivity contribution is -0.178. The van der Waals surface area contributed by atoms with Gasteiger partial charge in [0, 0.05) is 56.9 Å². The number of benzene rings is 10. The van der Waals surface area contributed by atoms with E-state index in [0.29, 0.717) is 33.6 Å². The Kier molecular flexibility index (Phi) is 22.9. The average molecular weight is 1490 g/mol. The first kappa shape index (κ1) is 75.6. The molecule has 10 aromatic carbocycles. The first-order valence-corrected chi connectivity index (χ1v) is 34.1. The van der Waals surface area contributed by atoms with Crippen LogP contribution in [0.1, 0.15) is 51.4 Å². The summed E-state index contributed by atoms with van der Waals surface area (Å²) in [5, 5.41) is 0. The van der Waals surface area contributed by atoms with Crippen molar-refractivity contribution in [2.75, 3.05) is 19.6 Å². The van der Waals surface area contributed by atoms with Crippen LogP contribution in [0.5, 0.6) is 0 Å². The molecular weight excluding hydrogens is 1420 g/mol. The molecule has 0 spiro atoms. The molecule has 2 aliphatic rings. The molecule has 0 amide bonds. The summed E-state index contributed by atoms with van der Waals surface area (Å²) in [6.45, 7) is 0. The van der Waals surface area contributed by atoms with Crippen molar-refractivity contribution in [3.63, 3.8) is 0 Å². The zero-order valence-electron chi connectivity index (χ0n) is 57.1. The van der Waals surface area contributed by atoms with Gasteiger partial charge in [-0.2, -0.15) is 52.7 Å². The molecule has 24 heteroatoms. The lowest BCUT2D eigenvalue weighted by atomic mass is 9.95. The maximum Gasteiger partial charge on any atom is 0.399 e. The summed E-state index contributed by atoms with van der Waals surface area (Å²) in [4.78, 5) is 58.9. The first-order valence-electron chi connectivity index (χ1n) is 34.1. The number of alkyl halides is 12. The summed E-state index contributed by atoms with van der Waals surface area (Å²) in [6, 6.07) is 81.0. The van der Waals surface area contributed by atoms with Crippen molar-refractivity contribution in [2.45, 2.75) is 100 Å². The summed E-state index contributed by atoms with van der Waals surface area (Å²) < 4.78 is 185. The van der Waals surface area contributed by atoms with E-state index in [1.807, 2.05) is 170 Å². The molecule has 2 aliphatic carbocycles. The van der Waals surface area contributed by atoms with Crippen LogP contribution in [0, 0.1) is 0 Å². The Hall–Kier alpha value is -12.1. The van der Waals surface area contributed by atoms with Crippen molar-refractivity contribution in [3.8, 4) is 33.4 Å². The molecule has 0 aromatic heterocycles. The van der Waals surface area contributed by atoms with Gasteiger partial charge in [-0.15, -0.1) is 0 Å². The molecule has 0 fully saturated rings. The molecule has 0 aliphatic heterocycles. The van der Waals surface area contributed by atoms with Gasteiger partial charge >= 0.3 is 48.6 Å². The summed E-state index contributed by atoms with van der Waals surface area (Å²) in [6.07, 6.45) is -32.1. The van der Waals surface area contributed by atoms with Crippen molar-refractivity contribution < 1.29 is 90.8 Å². The number of nitrogens with zero attached hydrogens (tertiary/aromatic N) is 4. The van der Waals surface area contributed by atoms with Crippen LogP contribution < -0.4 is 19.6 Å². The second-order valence-corrected chi connectivity index (χ2v) is 25.5. The molecular formula is C84H66F12N4O8. The number of esters is 4. The molecule has 10 aromatic rings. The summed E-state index contributed by atoms with van der Waals surface area (Å²) >= 11 is 0. The van der Waals surface area contributed by atoms with Crippen LogP contribution >= 0.6 is 0 Å². The highest BCUT2D eigenvalue weighted by Gasteiger charge is 2.41. The molecule has 0 N–H and O–H groups in total. The Balaban J connectivity index is 0.906. The third-order valence-electron chi connectivity index (χ3n) is 17.6. The van der Waals surface area contributed by atoms with Crippen LogP contribution in [0.4, 0.5) is 110 Å². The van der Waals surface area contributed by atoms with E-state index in [0.717, 1.165) is 45.3 Å². The highest BCUT2D eigenvalue weighted by atomic mass is 19.4. The van der Waals surface area contributed by atoms with Gasteiger partial charge in [-0.3, -0.25) is 19.2 Å². The quantitative estimate of drug-likeness (QED) is 0.0345. The van der Waals surface area contributed by atoms with Gasteiger partial charge in [0.1, 0.15) is 50.1 Å². The van der Waals surface area contributed by atoms with Crippen LogP contribution in [0.2, 0.25) is 0 Å². The zero-order chi connectivity index (χ0) is 76.3. The second-order valence-electron chi connectivity index (χ2n) is 25.5. The number of rotatable bonds is 23. The monoisotopic (exact) mass is 1490 g/mol. The average Bonchev–Trinajstić information content (AvgIpc) is 0.774. The molecule has 12 nitrogen and oxygen atoms in total. The van der Waals surface area contributed by atoms with Crippen LogP contribution in [-0.4, -0.2) is 73.0 Å². The molecule has 0 radical (unpaired) electrons. The molecule has 12 rings (SSSR count). The fourth-order valence-electron chi connectivity index (χ4n) is 12.9. The molecule has 0 saturated heterocycles. The van der Waals surface area contributed by atoms with Gasteiger partial charge < -0.3 is 38.5 Å². The third-order valence-corrected chi connectivity index (χ3v) is 17.6. The lowest BCUT2D eigenvalue weighted by Gasteiger charge is -2.37. The van der Waals surface area contributed by atoms with Gasteiger partial charge in [-0.25, -0.2) is 0 Å². The Morgan fingerprint density at radius 3 is 0.639 bits per heavy atom. The van der Waals surface area contributed by atoms with Gasteiger partial charge in [-0.1, -0.05) is 146 Å². The molecule has 0 heterocycles. The van der Waals surface area contributed by atoms with E-state index in [2.05, 4.69) is 9.80 Å². The van der Waals surface area contributed by atoms with E-state index in [4.69, 9.17) is 18.9 Å². The fourth-order valence-corrected chi connectivity index (χ4v) is 12.9. The Labute approximate surface area is 612 Å². The number of halogens is 12. The number of hydrogen-bond donors (Lipinski definition) is 0. The largest absolute Gasteiger partial charge is 0.458 e. The molecule has 0 saturated carbocycles. The van der Waals surface area contributed by atoms with Crippen molar-refractivity contribution >= 4 is 80.8 Å². The van der Waals surface area contributed by atoms with Crippen LogP contribution in [0.15, 0.2) is 290 Å². The normalized spacial score (nSPS) is 16.0. The maximum absolute atomic E-state index is 13.8. The first-order chi connectivity index (χ1) is 51.6. The summed E-state index contributed by atoms with van der Waals surface area (Å²) in [5.41, 5.74) is 10.3. The van der Waals surface area contributed by atoms with Crippen LogP contribution in [0.3, 0.4) is 0 Å². The number of hydrogen-bond acceptors (Lipinski definition) is 12. The van der Waals surface area contributed by atoms with E-state index in [9.17, 15) is 71.9 Å². The molecule has 4 atom stereocenters. The van der Waals surface area contributed by atoms with E-state index in [-0.39, 0.29) is 48.5 Å². The number of anilines is 10. The summed E-state index contributed by atoms with van der Waals surface area (Å²) in [5.74, 6) is -6.58. The Bertz CT molecular complexity index is 4400. The van der Waals surface area contributed by atoms with E-state index < -0.39 is 98.7 Å². The van der Waals surface area contributed by atoms with E-state index >= 15 is 0 Å². The Morgan fingerprint density at radius 2 is 0.435 bits per heavy atom. The molecule has 108 heavy (non-hydrogen) atoms. The summed E-state index contributed by atoms with van der Waals surface area (Å²) in [7, 11) is 0. The van der Waals surface area contributed by atoms with Gasteiger partial charge in [0.2, 0.25) is 0 Å². The third kappa shape index (κ3) is 19.9. The standard InChI is InChI=1S/C84H66F12N4O8/c85-81(86,87)51-77(101)105-71-45-47-75(107-79(103)53-83(91,92)93)73(49-71)99(67-37-25-57(26-38-67)55-21-33-65(34-22-55)97(61-13-5-1-6-14-61)62-15-7-2-8-16-62)69-41-29-59(30-42-69)60-31-43-70(44-32-60)100(74-50-72(106-78(102)52-82(88,89)90)46-48-76(74)108-80(104)54-84(94,95)96)68-39-27-58(28-40-68)56-23-35-66(36-24-56)98(63-17-9-3-10-18-63)64-19-11-4-12-20-64/h1-44,49-50,71-72,75-76H,45-48,51-54H2. The van der Waals surface area contributed by atoms with Crippen LogP contribution in [0.25, 0.3) is 33.4 Å². The van der Waals surface area contributed by atoms with Gasteiger partial charge in [-0.05, 0) is 193 Å². The minimum absolute atomic E-state index is 0.0606. The zero-order valence-corrected chi connectivity index (χ0v) is 57.1.